The van der Waals surface area contributed by atoms with E-state index in [1.165, 1.54) is 10.7 Å². The van der Waals surface area contributed by atoms with E-state index in [4.69, 9.17) is 6.57 Å². The molecule has 56 heavy (non-hydrogen) atoms. The molecule has 8 rings (SSSR count). The van der Waals surface area contributed by atoms with Crippen LogP contribution in [0.25, 0.3) is 4.85 Å². The van der Waals surface area contributed by atoms with E-state index in [0.717, 1.165) is 80.5 Å². The minimum absolute atomic E-state index is 0.0616. The third kappa shape index (κ3) is 6.55. The van der Waals surface area contributed by atoms with Crippen molar-refractivity contribution in [2.45, 2.75) is 63.3 Å². The zero-order valence-corrected chi connectivity index (χ0v) is 30.8. The highest BCUT2D eigenvalue weighted by Crippen LogP contribution is 2.40. The molecule has 0 bridgehead atoms. The van der Waals surface area contributed by atoms with Crippen molar-refractivity contribution in [3.8, 4) is 0 Å². The number of likely N-dealkylation sites (tertiary alicyclic amines) is 1. The molecular weight excluding hydrogens is 731 g/mol. The number of anilines is 3. The molecule has 14 nitrogen and oxygen atoms in total. The van der Waals surface area contributed by atoms with Gasteiger partial charge in [0.1, 0.15) is 11.6 Å². The first-order chi connectivity index (χ1) is 26.6. The highest BCUT2D eigenvalue weighted by atomic mass is 19.4. The van der Waals surface area contributed by atoms with Crippen LogP contribution < -0.4 is 20.4 Å². The van der Waals surface area contributed by atoms with Crippen LogP contribution >= 0.6 is 0 Å². The van der Waals surface area contributed by atoms with Crippen molar-refractivity contribution in [2.75, 3.05) is 54.4 Å². The van der Waals surface area contributed by atoms with E-state index in [2.05, 4.69) is 35.3 Å². The van der Waals surface area contributed by atoms with Gasteiger partial charge >= 0.3 is 6.18 Å². The fraction of sp³-hybridized carbons (Fsp3) is 0.462. The fourth-order valence-electron chi connectivity index (χ4n) is 8.79. The molecule has 3 aromatic rings. The van der Waals surface area contributed by atoms with Crippen LogP contribution in [-0.2, 0) is 26.1 Å². The molecule has 4 fully saturated rings. The third-order valence-corrected chi connectivity index (χ3v) is 12.0. The number of amides is 5. The number of aromatic nitrogens is 2. The number of carbonyl (C=O) groups is 5. The molecule has 1 aromatic heterocycles. The molecule has 17 heteroatoms. The number of halogens is 3. The van der Waals surface area contributed by atoms with E-state index in [0.29, 0.717) is 17.9 Å². The minimum Gasteiger partial charge on any atom is -0.371 e. The summed E-state index contributed by atoms with van der Waals surface area (Å²) < 4.78 is 41.9. The summed E-state index contributed by atoms with van der Waals surface area (Å²) in [7, 11) is 0. The van der Waals surface area contributed by atoms with Crippen LogP contribution in [0.1, 0.15) is 65.8 Å². The fourth-order valence-corrected chi connectivity index (χ4v) is 8.79. The van der Waals surface area contributed by atoms with Crippen molar-refractivity contribution in [2.24, 2.45) is 11.8 Å². The first-order valence-electron chi connectivity index (χ1n) is 18.7. The quantitative estimate of drug-likeness (QED) is 0.266. The average molecular weight is 772 g/mol. The number of imide groups is 2. The zero-order chi connectivity index (χ0) is 39.7. The monoisotopic (exact) mass is 771 g/mol. The van der Waals surface area contributed by atoms with Crippen LogP contribution in [0.5, 0.6) is 0 Å². The number of carbonyl (C=O) groups excluding carboxylic acids is 5. The molecule has 5 aliphatic heterocycles. The predicted molar refractivity (Wildman–Crippen MR) is 197 cm³/mol. The molecule has 3 atom stereocenters. The molecule has 292 valence electrons. The lowest BCUT2D eigenvalue weighted by Gasteiger charge is -2.38. The largest absolute Gasteiger partial charge is 0.407 e. The Morgan fingerprint density at radius 2 is 1.59 bits per heavy atom. The Morgan fingerprint density at radius 3 is 2.25 bits per heavy atom. The number of hydrogen-bond donors (Lipinski definition) is 2. The predicted octanol–water partition coefficient (Wildman–Crippen LogP) is 4.26. The molecule has 2 aromatic carbocycles. The number of alkyl halides is 3. The van der Waals surface area contributed by atoms with Crippen LogP contribution in [0.3, 0.4) is 0 Å². The van der Waals surface area contributed by atoms with Gasteiger partial charge in [-0.2, -0.15) is 18.3 Å². The van der Waals surface area contributed by atoms with Gasteiger partial charge in [-0.25, -0.2) is 4.85 Å². The van der Waals surface area contributed by atoms with Crippen LogP contribution in [0.15, 0.2) is 48.8 Å². The standard InChI is InChI=1S/C39H40F3N9O5/c1-38(2,37(56)45-24-4-7-31(43-3)30(14-24)39(40,41)42)50-21-27(16-44-50)47-12-10-25(11-13-47)48-17-22-19-49(20-23(22)18-48)26-5-6-28-29(15-26)36(55)51(35(28)54)32-8-9-33(52)46-34(32)53/h4-7,14-16,21-23,25,32H,8-13,17-20H2,1-2H3,(H,45,56)(H,46,52,53). The lowest BCUT2D eigenvalue weighted by molar-refractivity contribution is -0.137. The SMILES string of the molecule is [C-]#[N+]c1ccc(NC(=O)C(C)(C)n2cc(N3CCC(N4CC5CN(c6ccc7c(c6)C(=O)N(C6CCC(=O)NC6=O)C7=O)CC5C4)CC3)cn2)cc1C(F)(F)F. The van der Waals surface area contributed by atoms with Crippen LogP contribution in [0.2, 0.25) is 0 Å². The second-order valence-electron chi connectivity index (χ2n) is 15.8. The highest BCUT2D eigenvalue weighted by Gasteiger charge is 2.46. The molecule has 0 saturated carbocycles. The first-order valence-corrected chi connectivity index (χ1v) is 18.7. The van der Waals surface area contributed by atoms with Crippen LogP contribution in [-0.4, -0.2) is 100 Å². The van der Waals surface area contributed by atoms with Gasteiger partial charge in [0.25, 0.3) is 17.7 Å². The Hall–Kier alpha value is -5.76. The number of nitrogens with one attached hydrogen (secondary N) is 2. The molecule has 0 aliphatic carbocycles. The Kier molecular flexibility index (Phi) is 9.14. The van der Waals surface area contributed by atoms with Crippen molar-refractivity contribution in [3.63, 3.8) is 0 Å². The number of hydrogen-bond acceptors (Lipinski definition) is 9. The summed E-state index contributed by atoms with van der Waals surface area (Å²) in [5.41, 5.74) is -0.649. The highest BCUT2D eigenvalue weighted by molar-refractivity contribution is 6.23. The van der Waals surface area contributed by atoms with E-state index in [9.17, 15) is 37.1 Å². The number of benzene rings is 2. The molecule has 4 saturated heterocycles. The molecular formula is C39H40F3N9O5. The van der Waals surface area contributed by atoms with Gasteiger partial charge in [-0.05, 0) is 75.3 Å². The third-order valence-electron chi connectivity index (χ3n) is 12.0. The zero-order valence-electron chi connectivity index (χ0n) is 30.8. The minimum atomic E-state index is -4.74. The summed E-state index contributed by atoms with van der Waals surface area (Å²) in [5.74, 6) is -1.70. The van der Waals surface area contributed by atoms with E-state index >= 15 is 0 Å². The van der Waals surface area contributed by atoms with Crippen LogP contribution in [0, 0.1) is 18.4 Å². The summed E-state index contributed by atoms with van der Waals surface area (Å²) in [6.45, 7) is 15.5. The van der Waals surface area contributed by atoms with E-state index in [1.807, 2.05) is 6.07 Å². The van der Waals surface area contributed by atoms with Gasteiger partial charge in [0.05, 0.1) is 35.1 Å². The number of nitrogens with zero attached hydrogens (tertiary/aromatic N) is 7. The average Bonchev–Trinajstić information content (AvgIpc) is 3.95. The molecule has 0 radical (unpaired) electrons. The maximum absolute atomic E-state index is 13.5. The van der Waals surface area contributed by atoms with Crippen molar-refractivity contribution in [3.05, 3.63) is 76.9 Å². The van der Waals surface area contributed by atoms with Gasteiger partial charge in [0, 0.05) is 69.3 Å². The molecule has 2 N–H and O–H groups in total. The Morgan fingerprint density at radius 1 is 0.893 bits per heavy atom. The second-order valence-corrected chi connectivity index (χ2v) is 15.8. The van der Waals surface area contributed by atoms with E-state index in [-0.39, 0.29) is 29.7 Å². The number of piperidine rings is 2. The number of fused-ring (bicyclic) bond motifs is 2. The summed E-state index contributed by atoms with van der Waals surface area (Å²) >= 11 is 0. The Balaban J connectivity index is 0.839. The van der Waals surface area contributed by atoms with Crippen molar-refractivity contribution in [1.82, 2.24) is 24.9 Å². The van der Waals surface area contributed by atoms with Gasteiger partial charge in [-0.3, -0.25) is 43.8 Å². The molecule has 6 heterocycles. The van der Waals surface area contributed by atoms with Gasteiger partial charge in [0.2, 0.25) is 11.8 Å². The maximum atomic E-state index is 13.5. The lowest BCUT2D eigenvalue weighted by Crippen LogP contribution is -2.54. The maximum Gasteiger partial charge on any atom is 0.407 e. The molecule has 5 amide bonds. The Labute approximate surface area is 320 Å². The van der Waals surface area contributed by atoms with Crippen molar-refractivity contribution in [1.29, 1.82) is 0 Å². The summed E-state index contributed by atoms with van der Waals surface area (Å²) in [6, 6.07) is 7.80. The lowest BCUT2D eigenvalue weighted by atomic mass is 10.0. The Bertz CT molecular complexity index is 2170. The van der Waals surface area contributed by atoms with E-state index < -0.39 is 58.5 Å². The van der Waals surface area contributed by atoms with Crippen molar-refractivity contribution >= 4 is 52.3 Å². The summed E-state index contributed by atoms with van der Waals surface area (Å²) in [6.07, 6.45) is 0.832. The van der Waals surface area contributed by atoms with Gasteiger partial charge in [-0.1, -0.05) is 6.07 Å². The summed E-state index contributed by atoms with van der Waals surface area (Å²) in [4.78, 5) is 74.9. The molecule has 0 spiro atoms. The number of rotatable bonds is 7. The normalized spacial score (nSPS) is 23.4. The second kappa shape index (κ2) is 13.8. The first kappa shape index (κ1) is 37.2. The van der Waals surface area contributed by atoms with Gasteiger partial charge < -0.3 is 15.1 Å². The van der Waals surface area contributed by atoms with Crippen LogP contribution in [0.4, 0.5) is 35.9 Å². The topological polar surface area (TPSA) is 145 Å². The van der Waals surface area contributed by atoms with Crippen molar-refractivity contribution < 1.29 is 37.1 Å². The smallest absolute Gasteiger partial charge is 0.371 e. The van der Waals surface area contributed by atoms with E-state index in [1.54, 1.807) is 38.4 Å². The summed E-state index contributed by atoms with van der Waals surface area (Å²) in [5, 5.41) is 9.23. The van der Waals surface area contributed by atoms with Gasteiger partial charge in [-0.15, -0.1) is 0 Å². The molecule has 3 unspecified atom stereocenters. The van der Waals surface area contributed by atoms with Gasteiger partial charge in [0.15, 0.2) is 5.69 Å². The molecule has 5 aliphatic rings.